The first kappa shape index (κ1) is 12.5. The van der Waals surface area contributed by atoms with Gasteiger partial charge in [-0.3, -0.25) is 4.48 Å². The van der Waals surface area contributed by atoms with E-state index in [9.17, 15) is 9.90 Å². The number of amides is 1. The summed E-state index contributed by atoms with van der Waals surface area (Å²) >= 11 is 0. The van der Waals surface area contributed by atoms with E-state index in [0.717, 1.165) is 12.8 Å². The van der Waals surface area contributed by atoms with Crippen molar-refractivity contribution in [2.75, 3.05) is 19.7 Å². The van der Waals surface area contributed by atoms with Crippen LogP contribution in [0.15, 0.2) is 0 Å². The zero-order valence-electron chi connectivity index (χ0n) is 9.82. The third-order valence-electron chi connectivity index (χ3n) is 3.61. The summed E-state index contributed by atoms with van der Waals surface area (Å²) in [5.74, 6) is 0.0934. The molecule has 1 N–H and O–H groups in total. The van der Waals surface area contributed by atoms with Crippen LogP contribution in [0.5, 0.6) is 0 Å². The van der Waals surface area contributed by atoms with Crippen LogP contribution in [-0.2, 0) is 0 Å². The fourth-order valence-electron chi connectivity index (χ4n) is 2.47. The minimum Gasteiger partial charge on any atom is -0.498 e. The predicted molar refractivity (Wildman–Crippen MR) is 55.0 cm³/mol. The minimum atomic E-state index is -1.01. The van der Waals surface area contributed by atoms with Crippen LogP contribution < -0.4 is 5.11 Å². The Hall–Kier alpha value is -0.610. The molecule has 1 aliphatic rings. The molecule has 0 bridgehead atoms. The normalized spacial score (nSPS) is 32.7. The topological polar surface area (TPSA) is 60.4 Å². The second-order valence-corrected chi connectivity index (χ2v) is 5.50. The van der Waals surface area contributed by atoms with Gasteiger partial charge in [0.25, 0.3) is 6.09 Å². The molecular weight excluding hydrogens is 194 g/mol. The standard InChI is InChI=1S/C11H21NO3/c1-11(2,3)12(10(14)15)6-4-5-9(7-12)8-13/h9,13H,4-8H2,1-3H3/t9-,12?/m1/s1. The maximum Gasteiger partial charge on any atom is 0.257 e. The van der Waals surface area contributed by atoms with E-state index in [2.05, 4.69) is 0 Å². The molecule has 1 unspecified atom stereocenters. The number of carbonyl (C=O) groups excluding carboxylic acids is 1. The van der Waals surface area contributed by atoms with Gasteiger partial charge in [0.1, 0.15) is 0 Å². The number of piperidine rings is 1. The van der Waals surface area contributed by atoms with Crippen molar-refractivity contribution in [3.63, 3.8) is 0 Å². The molecule has 1 saturated heterocycles. The van der Waals surface area contributed by atoms with Crippen LogP contribution >= 0.6 is 0 Å². The smallest absolute Gasteiger partial charge is 0.257 e. The molecule has 0 saturated carbocycles. The number of quaternary nitrogens is 1. The zero-order chi connectivity index (χ0) is 11.7. The van der Waals surface area contributed by atoms with E-state index < -0.39 is 6.09 Å². The van der Waals surface area contributed by atoms with Gasteiger partial charge in [-0.15, -0.1) is 0 Å². The van der Waals surface area contributed by atoms with Crippen molar-refractivity contribution < 1.29 is 19.5 Å². The largest absolute Gasteiger partial charge is 0.498 e. The highest BCUT2D eigenvalue weighted by atomic mass is 16.4. The molecule has 0 aliphatic carbocycles. The first-order valence-corrected chi connectivity index (χ1v) is 5.53. The van der Waals surface area contributed by atoms with Gasteiger partial charge in [-0.25, -0.2) is 0 Å². The minimum absolute atomic E-state index is 0.0295. The molecule has 4 nitrogen and oxygen atoms in total. The fourth-order valence-corrected chi connectivity index (χ4v) is 2.47. The molecule has 88 valence electrons. The molecule has 4 heteroatoms. The molecular formula is C11H21NO3. The second kappa shape index (κ2) is 4.10. The van der Waals surface area contributed by atoms with Crippen LogP contribution in [0.1, 0.15) is 33.6 Å². The monoisotopic (exact) mass is 215 g/mol. The summed E-state index contributed by atoms with van der Waals surface area (Å²) in [5.41, 5.74) is -0.368. The fraction of sp³-hybridized carbons (Fsp3) is 0.909. The molecule has 0 aromatic carbocycles. The first-order valence-electron chi connectivity index (χ1n) is 5.53. The third kappa shape index (κ3) is 2.16. The molecule has 0 aromatic heterocycles. The highest BCUT2D eigenvalue weighted by molar-refractivity contribution is 5.54. The Morgan fingerprint density at radius 2 is 2.13 bits per heavy atom. The average Bonchev–Trinajstić information content (AvgIpc) is 2.16. The van der Waals surface area contributed by atoms with E-state index in [0.29, 0.717) is 13.1 Å². The van der Waals surface area contributed by atoms with Crippen LogP contribution in [0.4, 0.5) is 4.79 Å². The Bertz CT molecular complexity index is 247. The van der Waals surface area contributed by atoms with Gasteiger partial charge in [0.2, 0.25) is 0 Å². The summed E-state index contributed by atoms with van der Waals surface area (Å²) in [4.78, 5) is 11.4. The van der Waals surface area contributed by atoms with Crippen molar-refractivity contribution in [3.8, 4) is 0 Å². The van der Waals surface area contributed by atoms with E-state index in [1.165, 1.54) is 0 Å². The third-order valence-corrected chi connectivity index (χ3v) is 3.61. The predicted octanol–water partition coefficient (Wildman–Crippen LogP) is 0.347. The summed E-state index contributed by atoms with van der Waals surface area (Å²) in [7, 11) is 0. The molecule has 1 rings (SSSR count). The van der Waals surface area contributed by atoms with Crippen molar-refractivity contribution in [2.45, 2.75) is 39.2 Å². The molecule has 1 aliphatic heterocycles. The highest BCUT2D eigenvalue weighted by Gasteiger charge is 2.46. The van der Waals surface area contributed by atoms with Gasteiger partial charge in [-0.05, 0) is 33.6 Å². The maximum absolute atomic E-state index is 11.4. The number of aliphatic hydroxyl groups is 1. The molecule has 0 spiro atoms. The number of carboxylic acid groups (broad SMARTS) is 1. The summed E-state index contributed by atoms with van der Waals surface area (Å²) in [6, 6.07) is 0. The Morgan fingerprint density at radius 3 is 2.53 bits per heavy atom. The number of hydrogen-bond acceptors (Lipinski definition) is 3. The van der Waals surface area contributed by atoms with E-state index in [4.69, 9.17) is 5.11 Å². The molecule has 0 radical (unpaired) electrons. The van der Waals surface area contributed by atoms with Crippen molar-refractivity contribution in [1.82, 2.24) is 0 Å². The van der Waals surface area contributed by atoms with E-state index in [1.807, 2.05) is 20.8 Å². The first-order chi connectivity index (χ1) is 6.83. The van der Waals surface area contributed by atoms with Crippen LogP contribution in [0.2, 0.25) is 0 Å². The van der Waals surface area contributed by atoms with Crippen LogP contribution in [0.3, 0.4) is 0 Å². The zero-order valence-corrected chi connectivity index (χ0v) is 9.82. The van der Waals surface area contributed by atoms with Crippen molar-refractivity contribution in [2.24, 2.45) is 5.92 Å². The van der Waals surface area contributed by atoms with Crippen LogP contribution in [-0.4, -0.2) is 40.9 Å². The maximum atomic E-state index is 11.4. The van der Waals surface area contributed by atoms with Crippen LogP contribution in [0, 0.1) is 5.92 Å². The Kier molecular flexibility index (Phi) is 3.41. The lowest BCUT2D eigenvalue weighted by atomic mass is 9.90. The molecule has 0 aromatic rings. The number of hydrogen-bond donors (Lipinski definition) is 1. The lowest BCUT2D eigenvalue weighted by Crippen LogP contribution is -2.70. The Balaban J connectivity index is 2.96. The van der Waals surface area contributed by atoms with E-state index >= 15 is 0 Å². The molecule has 1 heterocycles. The summed E-state index contributed by atoms with van der Waals surface area (Å²) < 4.78 is -0.0295. The highest BCUT2D eigenvalue weighted by Crippen LogP contribution is 2.32. The van der Waals surface area contributed by atoms with Gasteiger partial charge in [0, 0.05) is 5.92 Å². The molecule has 15 heavy (non-hydrogen) atoms. The Labute approximate surface area is 91.1 Å². The van der Waals surface area contributed by atoms with Gasteiger partial charge in [-0.2, -0.15) is 0 Å². The summed E-state index contributed by atoms with van der Waals surface area (Å²) in [6.45, 7) is 6.93. The number of carbonyl (C=O) groups is 1. The average molecular weight is 215 g/mol. The van der Waals surface area contributed by atoms with Crippen molar-refractivity contribution >= 4 is 6.09 Å². The van der Waals surface area contributed by atoms with Gasteiger partial charge in [0.15, 0.2) is 0 Å². The number of rotatable bonds is 1. The van der Waals surface area contributed by atoms with Gasteiger partial charge < -0.3 is 15.0 Å². The molecule has 1 fully saturated rings. The van der Waals surface area contributed by atoms with Gasteiger partial charge in [-0.1, -0.05) is 0 Å². The quantitative estimate of drug-likeness (QED) is 0.642. The summed E-state index contributed by atoms with van der Waals surface area (Å²) in [6.07, 6.45) is 0.747. The summed E-state index contributed by atoms with van der Waals surface area (Å²) in [5, 5.41) is 20.5. The lowest BCUT2D eigenvalue weighted by molar-refractivity contribution is -0.927. The number of likely N-dealkylation sites (tertiary alicyclic amines) is 1. The van der Waals surface area contributed by atoms with Crippen molar-refractivity contribution in [3.05, 3.63) is 0 Å². The lowest BCUT2D eigenvalue weighted by Gasteiger charge is -2.51. The number of nitrogens with zero attached hydrogens (tertiary/aromatic N) is 1. The second-order valence-electron chi connectivity index (χ2n) is 5.50. The SMILES string of the molecule is CC(C)(C)[N+]1(C(=O)[O-])CCC[C@@H](CO)C1. The van der Waals surface area contributed by atoms with Crippen LogP contribution in [0.25, 0.3) is 0 Å². The van der Waals surface area contributed by atoms with Gasteiger partial charge in [0.05, 0.1) is 25.2 Å². The van der Waals surface area contributed by atoms with Gasteiger partial charge >= 0.3 is 0 Å². The number of aliphatic hydroxyl groups excluding tert-OH is 1. The Morgan fingerprint density at radius 1 is 1.53 bits per heavy atom. The molecule has 2 atom stereocenters. The molecule has 1 amide bonds. The van der Waals surface area contributed by atoms with E-state index in [1.54, 1.807) is 0 Å². The van der Waals surface area contributed by atoms with Crippen molar-refractivity contribution in [1.29, 1.82) is 0 Å². The van der Waals surface area contributed by atoms with E-state index in [-0.39, 0.29) is 22.5 Å².